The second-order valence-corrected chi connectivity index (χ2v) is 4.43. The first-order valence-corrected chi connectivity index (χ1v) is 6.32. The van der Waals surface area contributed by atoms with E-state index >= 15 is 0 Å². The minimum absolute atomic E-state index is 0.0215. The van der Waals surface area contributed by atoms with Gasteiger partial charge in [0.1, 0.15) is 5.56 Å². The Bertz CT molecular complexity index is 721. The average Bonchev–Trinajstić information content (AvgIpc) is 2.46. The highest BCUT2D eigenvalue weighted by molar-refractivity contribution is 5.93. The molecule has 0 fully saturated rings. The molecule has 0 spiro atoms. The van der Waals surface area contributed by atoms with Gasteiger partial charge in [-0.1, -0.05) is 24.3 Å². The summed E-state index contributed by atoms with van der Waals surface area (Å²) < 4.78 is 0. The molecule has 2 rings (SSSR count). The number of aromatic nitrogens is 1. The van der Waals surface area contributed by atoms with Crippen LogP contribution in [-0.4, -0.2) is 22.0 Å². The van der Waals surface area contributed by atoms with Gasteiger partial charge in [0.2, 0.25) is 0 Å². The predicted octanol–water partition coefficient (Wildman–Crippen LogP) is 0.932. The Balaban J connectivity index is 2.10. The lowest BCUT2D eigenvalue weighted by molar-refractivity contribution is -0.136. The number of hydrogen-bond acceptors (Lipinski definition) is 3. The maximum Gasteiger partial charge on any atom is 0.307 e. The van der Waals surface area contributed by atoms with Crippen molar-refractivity contribution in [2.24, 2.45) is 0 Å². The molecule has 0 aliphatic carbocycles. The number of H-pyrrole nitrogens is 1. The third-order valence-electron chi connectivity index (χ3n) is 2.96. The van der Waals surface area contributed by atoms with Crippen molar-refractivity contribution in [3.05, 3.63) is 69.6 Å². The Kier molecular flexibility index (Phi) is 4.50. The zero-order valence-electron chi connectivity index (χ0n) is 11.1. The molecule has 0 aliphatic rings. The van der Waals surface area contributed by atoms with Crippen molar-refractivity contribution >= 4 is 11.9 Å². The number of amides is 1. The number of carbonyl (C=O) groups excluding carboxylic acids is 1. The number of aromatic amines is 1. The molecule has 0 saturated heterocycles. The summed E-state index contributed by atoms with van der Waals surface area (Å²) >= 11 is 0. The summed E-state index contributed by atoms with van der Waals surface area (Å²) in [6, 6.07) is 9.94. The highest BCUT2D eigenvalue weighted by Gasteiger charge is 2.11. The molecular weight excluding hydrogens is 272 g/mol. The van der Waals surface area contributed by atoms with Gasteiger partial charge in [-0.3, -0.25) is 14.4 Å². The standard InChI is InChI=1S/C15H14N2O4/c18-13(19)8-10-4-1-2-5-11(10)9-17-15(21)12-6-3-7-16-14(12)20/h1-7H,8-9H2,(H,16,20)(H,17,21)(H,18,19). The van der Waals surface area contributed by atoms with E-state index in [1.807, 2.05) is 0 Å². The number of pyridine rings is 1. The van der Waals surface area contributed by atoms with Crippen LogP contribution in [0.15, 0.2) is 47.4 Å². The van der Waals surface area contributed by atoms with Crippen molar-refractivity contribution in [3.8, 4) is 0 Å². The number of hydrogen-bond donors (Lipinski definition) is 3. The van der Waals surface area contributed by atoms with Crippen molar-refractivity contribution < 1.29 is 14.7 Å². The second kappa shape index (κ2) is 6.51. The summed E-state index contributed by atoms with van der Waals surface area (Å²) in [5.41, 5.74) is 0.898. The van der Waals surface area contributed by atoms with E-state index in [0.29, 0.717) is 11.1 Å². The van der Waals surface area contributed by atoms with Gasteiger partial charge in [-0.25, -0.2) is 0 Å². The summed E-state index contributed by atoms with van der Waals surface area (Å²) in [5, 5.41) is 11.5. The fraction of sp³-hybridized carbons (Fsp3) is 0.133. The van der Waals surface area contributed by atoms with E-state index in [4.69, 9.17) is 5.11 Å². The monoisotopic (exact) mass is 286 g/mol. The van der Waals surface area contributed by atoms with Crippen molar-refractivity contribution in [2.45, 2.75) is 13.0 Å². The summed E-state index contributed by atoms with van der Waals surface area (Å²) in [7, 11) is 0. The maximum absolute atomic E-state index is 11.9. The third-order valence-corrected chi connectivity index (χ3v) is 2.96. The van der Waals surface area contributed by atoms with Crippen LogP contribution in [0.5, 0.6) is 0 Å². The fourth-order valence-electron chi connectivity index (χ4n) is 1.94. The maximum atomic E-state index is 11.9. The summed E-state index contributed by atoms with van der Waals surface area (Å²) in [6.07, 6.45) is 1.33. The van der Waals surface area contributed by atoms with Crippen LogP contribution in [0.3, 0.4) is 0 Å². The molecule has 2 aromatic rings. The van der Waals surface area contributed by atoms with E-state index in [1.54, 1.807) is 30.3 Å². The lowest BCUT2D eigenvalue weighted by atomic mass is 10.0. The van der Waals surface area contributed by atoms with E-state index in [1.165, 1.54) is 12.3 Å². The highest BCUT2D eigenvalue weighted by atomic mass is 16.4. The number of carboxylic acid groups (broad SMARTS) is 1. The quantitative estimate of drug-likeness (QED) is 0.761. The zero-order chi connectivity index (χ0) is 15.2. The van der Waals surface area contributed by atoms with E-state index in [0.717, 1.165) is 0 Å². The smallest absolute Gasteiger partial charge is 0.307 e. The summed E-state index contributed by atoms with van der Waals surface area (Å²) in [4.78, 5) is 36.6. The molecule has 1 heterocycles. The number of nitrogens with one attached hydrogen (secondary N) is 2. The van der Waals surface area contributed by atoms with Crippen molar-refractivity contribution in [3.63, 3.8) is 0 Å². The minimum atomic E-state index is -0.937. The van der Waals surface area contributed by atoms with Crippen molar-refractivity contribution in [1.82, 2.24) is 10.3 Å². The zero-order valence-corrected chi connectivity index (χ0v) is 11.1. The Morgan fingerprint density at radius 2 is 1.81 bits per heavy atom. The predicted molar refractivity (Wildman–Crippen MR) is 76.0 cm³/mol. The molecule has 0 saturated carbocycles. The molecule has 0 radical (unpaired) electrons. The van der Waals surface area contributed by atoms with Crippen LogP contribution >= 0.6 is 0 Å². The van der Waals surface area contributed by atoms with Gasteiger partial charge in [0, 0.05) is 12.7 Å². The minimum Gasteiger partial charge on any atom is -0.481 e. The van der Waals surface area contributed by atoms with E-state index in [2.05, 4.69) is 10.3 Å². The van der Waals surface area contributed by atoms with Crippen LogP contribution in [0, 0.1) is 0 Å². The first kappa shape index (κ1) is 14.5. The fourth-order valence-corrected chi connectivity index (χ4v) is 1.94. The van der Waals surface area contributed by atoms with Gasteiger partial charge in [-0.2, -0.15) is 0 Å². The average molecular weight is 286 g/mol. The molecule has 0 bridgehead atoms. The van der Waals surface area contributed by atoms with E-state index in [9.17, 15) is 14.4 Å². The van der Waals surface area contributed by atoms with E-state index in [-0.39, 0.29) is 18.5 Å². The number of carbonyl (C=O) groups is 2. The number of carboxylic acids is 1. The van der Waals surface area contributed by atoms with Gasteiger partial charge < -0.3 is 15.4 Å². The molecule has 6 nitrogen and oxygen atoms in total. The second-order valence-electron chi connectivity index (χ2n) is 4.43. The Labute approximate surface area is 120 Å². The molecule has 21 heavy (non-hydrogen) atoms. The molecular formula is C15H14N2O4. The number of aliphatic carboxylic acids is 1. The normalized spacial score (nSPS) is 10.1. The third kappa shape index (κ3) is 3.79. The van der Waals surface area contributed by atoms with Crippen LogP contribution < -0.4 is 10.9 Å². The molecule has 0 aliphatic heterocycles. The Morgan fingerprint density at radius 3 is 2.48 bits per heavy atom. The van der Waals surface area contributed by atoms with Gasteiger partial charge in [-0.15, -0.1) is 0 Å². The van der Waals surface area contributed by atoms with Crippen molar-refractivity contribution in [1.29, 1.82) is 0 Å². The first-order chi connectivity index (χ1) is 10.1. The van der Waals surface area contributed by atoms with Crippen molar-refractivity contribution in [2.75, 3.05) is 0 Å². The van der Waals surface area contributed by atoms with Gasteiger partial charge >= 0.3 is 5.97 Å². The lowest BCUT2D eigenvalue weighted by Crippen LogP contribution is -2.29. The molecule has 1 aromatic heterocycles. The Morgan fingerprint density at radius 1 is 1.10 bits per heavy atom. The highest BCUT2D eigenvalue weighted by Crippen LogP contribution is 2.09. The van der Waals surface area contributed by atoms with Gasteiger partial charge in [0.15, 0.2) is 0 Å². The largest absolute Gasteiger partial charge is 0.481 e. The topological polar surface area (TPSA) is 99.3 Å². The van der Waals surface area contributed by atoms with E-state index < -0.39 is 17.4 Å². The van der Waals surface area contributed by atoms with Crippen LogP contribution in [0.1, 0.15) is 21.5 Å². The summed E-state index contributed by atoms with van der Waals surface area (Å²) in [6.45, 7) is 0.163. The molecule has 6 heteroatoms. The van der Waals surface area contributed by atoms with Crippen LogP contribution in [0.2, 0.25) is 0 Å². The molecule has 1 aromatic carbocycles. The summed E-state index contributed by atoms with van der Waals surface area (Å²) in [5.74, 6) is -1.43. The SMILES string of the molecule is O=C(O)Cc1ccccc1CNC(=O)c1ccc[nH]c1=O. The molecule has 1 amide bonds. The van der Waals surface area contributed by atoms with Crippen LogP contribution in [0.25, 0.3) is 0 Å². The van der Waals surface area contributed by atoms with Gasteiger partial charge in [0.05, 0.1) is 6.42 Å². The number of benzene rings is 1. The molecule has 0 unspecified atom stereocenters. The van der Waals surface area contributed by atoms with Gasteiger partial charge in [-0.05, 0) is 23.3 Å². The van der Waals surface area contributed by atoms with Crippen LogP contribution in [0.4, 0.5) is 0 Å². The van der Waals surface area contributed by atoms with Gasteiger partial charge in [0.25, 0.3) is 11.5 Å². The first-order valence-electron chi connectivity index (χ1n) is 6.32. The number of rotatable bonds is 5. The molecule has 108 valence electrons. The molecule has 0 atom stereocenters. The van der Waals surface area contributed by atoms with Crippen LogP contribution in [-0.2, 0) is 17.8 Å². The lowest BCUT2D eigenvalue weighted by Gasteiger charge is -2.09. The Hall–Kier alpha value is -2.89. The molecule has 3 N–H and O–H groups in total.